The van der Waals surface area contributed by atoms with Gasteiger partial charge in [-0.25, -0.2) is 0 Å². The third-order valence-electron chi connectivity index (χ3n) is 2.73. The van der Waals surface area contributed by atoms with Crippen molar-refractivity contribution in [1.82, 2.24) is 4.98 Å². The summed E-state index contributed by atoms with van der Waals surface area (Å²) in [5.41, 5.74) is 7.23. The smallest absolute Gasteiger partial charge is 0.0315 e. The van der Waals surface area contributed by atoms with E-state index in [4.69, 9.17) is 5.73 Å². The zero-order valence-corrected chi connectivity index (χ0v) is 10.9. The number of pyridine rings is 1. The van der Waals surface area contributed by atoms with Gasteiger partial charge in [0.1, 0.15) is 0 Å². The Balaban J connectivity index is 0.00000225. The number of nitrogens with zero attached hydrogens (tertiary/aromatic N) is 1. The lowest BCUT2D eigenvalue weighted by Gasteiger charge is -2.10. The minimum atomic E-state index is 0. The van der Waals surface area contributed by atoms with Gasteiger partial charge in [0.2, 0.25) is 0 Å². The highest BCUT2D eigenvalue weighted by atomic mass is 35.5. The second kappa shape index (κ2) is 9.61. The highest BCUT2D eigenvalue weighted by molar-refractivity contribution is 5.85. The van der Waals surface area contributed by atoms with Gasteiger partial charge in [-0.1, -0.05) is 45.1 Å². The number of halogens is 1. The van der Waals surface area contributed by atoms with Gasteiger partial charge >= 0.3 is 0 Å². The molecule has 2 nitrogen and oxygen atoms in total. The van der Waals surface area contributed by atoms with Gasteiger partial charge < -0.3 is 5.73 Å². The van der Waals surface area contributed by atoms with Crippen molar-refractivity contribution < 1.29 is 0 Å². The van der Waals surface area contributed by atoms with Crippen molar-refractivity contribution in [2.75, 3.05) is 0 Å². The average Bonchev–Trinajstić information content (AvgIpc) is 2.30. The minimum Gasteiger partial charge on any atom is -0.324 e. The molecule has 16 heavy (non-hydrogen) atoms. The molecule has 0 bridgehead atoms. The van der Waals surface area contributed by atoms with Gasteiger partial charge in [0.05, 0.1) is 0 Å². The summed E-state index contributed by atoms with van der Waals surface area (Å²) in [5.74, 6) is 0. The Morgan fingerprint density at radius 3 is 2.62 bits per heavy atom. The fraction of sp³-hybridized carbons (Fsp3) is 0.615. The lowest BCUT2D eigenvalue weighted by molar-refractivity contribution is 0.554. The molecule has 1 aromatic heterocycles. The monoisotopic (exact) mass is 242 g/mol. The number of rotatable bonds is 7. The van der Waals surface area contributed by atoms with E-state index in [1.165, 1.54) is 32.1 Å². The fourth-order valence-corrected chi connectivity index (χ4v) is 1.73. The highest BCUT2D eigenvalue weighted by Crippen LogP contribution is 2.16. The molecule has 1 heterocycles. The summed E-state index contributed by atoms with van der Waals surface area (Å²) in [6, 6.07) is 4.18. The normalized spacial score (nSPS) is 11.9. The van der Waals surface area contributed by atoms with E-state index in [1.807, 2.05) is 12.3 Å². The summed E-state index contributed by atoms with van der Waals surface area (Å²) in [7, 11) is 0. The number of aromatic nitrogens is 1. The van der Waals surface area contributed by atoms with Crippen LogP contribution in [0.1, 0.15) is 57.1 Å². The summed E-state index contributed by atoms with van der Waals surface area (Å²) < 4.78 is 0. The van der Waals surface area contributed by atoms with Gasteiger partial charge in [0.15, 0.2) is 0 Å². The molecule has 0 saturated carbocycles. The van der Waals surface area contributed by atoms with Crippen molar-refractivity contribution >= 4 is 12.4 Å². The van der Waals surface area contributed by atoms with E-state index in [0.717, 1.165) is 12.0 Å². The molecule has 0 aliphatic heterocycles. The van der Waals surface area contributed by atoms with Crippen molar-refractivity contribution in [2.45, 2.75) is 51.5 Å². The Labute approximate surface area is 105 Å². The van der Waals surface area contributed by atoms with Gasteiger partial charge in [0.25, 0.3) is 0 Å². The number of unbranched alkanes of at least 4 members (excludes halogenated alkanes) is 4. The van der Waals surface area contributed by atoms with E-state index < -0.39 is 0 Å². The van der Waals surface area contributed by atoms with Crippen molar-refractivity contribution in [3.63, 3.8) is 0 Å². The second-order valence-electron chi connectivity index (χ2n) is 4.10. The first-order valence-electron chi connectivity index (χ1n) is 6.00. The molecule has 1 aromatic rings. The second-order valence-corrected chi connectivity index (χ2v) is 4.10. The Morgan fingerprint density at radius 1 is 1.25 bits per heavy atom. The van der Waals surface area contributed by atoms with E-state index in [-0.39, 0.29) is 18.4 Å². The molecule has 0 radical (unpaired) electrons. The number of hydrogen-bond donors (Lipinski definition) is 1. The largest absolute Gasteiger partial charge is 0.324 e. The van der Waals surface area contributed by atoms with Gasteiger partial charge in [-0.3, -0.25) is 4.98 Å². The Bertz CT molecular complexity index is 251. The summed E-state index contributed by atoms with van der Waals surface area (Å²) in [6.45, 7) is 2.24. The van der Waals surface area contributed by atoms with E-state index >= 15 is 0 Å². The van der Waals surface area contributed by atoms with Crippen LogP contribution in [0.3, 0.4) is 0 Å². The maximum absolute atomic E-state index is 6.07. The maximum atomic E-state index is 6.07. The quantitative estimate of drug-likeness (QED) is 0.738. The Kier molecular flexibility index (Phi) is 9.25. The van der Waals surface area contributed by atoms with Crippen LogP contribution in [0.5, 0.6) is 0 Å². The van der Waals surface area contributed by atoms with Gasteiger partial charge in [-0.05, 0) is 18.1 Å². The zero-order valence-electron chi connectivity index (χ0n) is 10.1. The highest BCUT2D eigenvalue weighted by Gasteiger charge is 2.04. The lowest BCUT2D eigenvalue weighted by Crippen LogP contribution is -2.10. The predicted molar refractivity (Wildman–Crippen MR) is 71.8 cm³/mol. The predicted octanol–water partition coefficient (Wildman–Crippen LogP) is 3.86. The topological polar surface area (TPSA) is 38.9 Å². The lowest BCUT2D eigenvalue weighted by atomic mass is 10.0. The van der Waals surface area contributed by atoms with Gasteiger partial charge in [-0.15, -0.1) is 12.4 Å². The van der Waals surface area contributed by atoms with Crippen LogP contribution in [0.15, 0.2) is 24.5 Å². The molecule has 0 aliphatic rings. The van der Waals surface area contributed by atoms with E-state index in [0.29, 0.717) is 0 Å². The molecule has 0 aromatic carbocycles. The van der Waals surface area contributed by atoms with E-state index in [2.05, 4.69) is 18.0 Å². The molecular formula is C13H23ClN2. The van der Waals surface area contributed by atoms with Gasteiger partial charge in [0, 0.05) is 18.4 Å². The third kappa shape index (κ3) is 6.09. The summed E-state index contributed by atoms with van der Waals surface area (Å²) >= 11 is 0. The molecule has 3 heteroatoms. The fourth-order valence-electron chi connectivity index (χ4n) is 1.73. The molecule has 1 rings (SSSR count). The molecule has 1 unspecified atom stereocenters. The van der Waals surface area contributed by atoms with E-state index in [9.17, 15) is 0 Å². The van der Waals surface area contributed by atoms with Crippen molar-refractivity contribution in [2.24, 2.45) is 5.73 Å². The first kappa shape index (κ1) is 15.4. The summed E-state index contributed by atoms with van der Waals surface area (Å²) in [5, 5.41) is 0. The first-order chi connectivity index (χ1) is 7.34. The van der Waals surface area contributed by atoms with Crippen LogP contribution in [0.4, 0.5) is 0 Å². The molecule has 0 saturated heterocycles. The van der Waals surface area contributed by atoms with Crippen LogP contribution in [0.25, 0.3) is 0 Å². The third-order valence-corrected chi connectivity index (χ3v) is 2.73. The molecule has 0 spiro atoms. The molecular weight excluding hydrogens is 220 g/mol. The molecule has 1 atom stereocenters. The maximum Gasteiger partial charge on any atom is 0.0315 e. The van der Waals surface area contributed by atoms with Gasteiger partial charge in [-0.2, -0.15) is 0 Å². The average molecular weight is 243 g/mol. The van der Waals surface area contributed by atoms with Crippen LogP contribution in [0.2, 0.25) is 0 Å². The molecule has 0 fully saturated rings. The summed E-state index contributed by atoms with van der Waals surface area (Å²) in [4.78, 5) is 4.08. The minimum absolute atomic E-state index is 0. The molecule has 2 N–H and O–H groups in total. The molecule has 0 amide bonds. The van der Waals surface area contributed by atoms with Crippen LogP contribution in [-0.2, 0) is 0 Å². The number of hydrogen-bond acceptors (Lipinski definition) is 2. The molecule has 0 aliphatic carbocycles. The van der Waals surface area contributed by atoms with Crippen LogP contribution >= 0.6 is 12.4 Å². The van der Waals surface area contributed by atoms with E-state index in [1.54, 1.807) is 6.20 Å². The zero-order chi connectivity index (χ0) is 10.9. The van der Waals surface area contributed by atoms with Crippen LogP contribution < -0.4 is 5.73 Å². The standard InChI is InChI=1S/C13H22N2.ClH/c1-2-3-4-5-6-9-13(14)12-8-7-10-15-11-12;/h7-8,10-11,13H,2-6,9,14H2,1H3;1H. The SMILES string of the molecule is CCCCCCCC(N)c1cccnc1.Cl. The van der Waals surface area contributed by atoms with Crippen molar-refractivity contribution in [1.29, 1.82) is 0 Å². The van der Waals surface area contributed by atoms with Crippen molar-refractivity contribution in [3.05, 3.63) is 30.1 Å². The van der Waals surface area contributed by atoms with Crippen LogP contribution in [-0.4, -0.2) is 4.98 Å². The first-order valence-corrected chi connectivity index (χ1v) is 6.00. The number of nitrogens with two attached hydrogens (primary N) is 1. The Morgan fingerprint density at radius 2 is 2.00 bits per heavy atom. The summed E-state index contributed by atoms with van der Waals surface area (Å²) in [6.07, 6.45) is 11.3. The van der Waals surface area contributed by atoms with Crippen LogP contribution in [0, 0.1) is 0 Å². The van der Waals surface area contributed by atoms with Crippen molar-refractivity contribution in [3.8, 4) is 0 Å². The Hall–Kier alpha value is -0.600. The molecule has 92 valence electrons.